The molecule has 1 aliphatic heterocycles. The average molecular weight is 575 g/mol. The number of hydrogen-bond acceptors (Lipinski definition) is 7. The van der Waals surface area contributed by atoms with E-state index < -0.39 is 15.4 Å². The molecule has 9 nitrogen and oxygen atoms in total. The Morgan fingerprint density at radius 3 is 2.55 bits per heavy atom. The molecule has 1 saturated carbocycles. The van der Waals surface area contributed by atoms with E-state index in [9.17, 15) is 13.2 Å². The van der Waals surface area contributed by atoms with Gasteiger partial charge in [-0.1, -0.05) is 41.9 Å². The van der Waals surface area contributed by atoms with Crippen molar-refractivity contribution in [3.8, 4) is 11.1 Å². The molecule has 204 valence electrons. The molecule has 6 rings (SSSR count). The first-order valence-corrected chi connectivity index (χ1v) is 14.8. The van der Waals surface area contributed by atoms with E-state index in [2.05, 4.69) is 30.6 Å². The molecular weight excluding hydrogens is 548 g/mol. The molecule has 0 atom stereocenters. The first-order chi connectivity index (χ1) is 19.3. The molecule has 1 aromatic heterocycles. The van der Waals surface area contributed by atoms with E-state index in [-0.39, 0.29) is 17.3 Å². The Balaban J connectivity index is 1.23. The normalized spacial score (nSPS) is 17.1. The summed E-state index contributed by atoms with van der Waals surface area (Å²) < 4.78 is 27.9. The van der Waals surface area contributed by atoms with Gasteiger partial charge in [-0.05, 0) is 72.9 Å². The SMILES string of the molecule is O=C(Nc1ccc(-c2cnc3nc2NCCCNS(=O)(=O)c2cccc(c2)N3)cc1)C1(c2cccc(Cl)c2)CC1. The van der Waals surface area contributed by atoms with Gasteiger partial charge in [0, 0.05) is 41.2 Å². The maximum atomic E-state index is 13.2. The lowest BCUT2D eigenvalue weighted by Crippen LogP contribution is -2.27. The van der Waals surface area contributed by atoms with Crippen LogP contribution in [0, 0.1) is 0 Å². The Morgan fingerprint density at radius 1 is 0.975 bits per heavy atom. The highest BCUT2D eigenvalue weighted by molar-refractivity contribution is 7.89. The second-order valence-corrected chi connectivity index (χ2v) is 12.1. The van der Waals surface area contributed by atoms with Crippen molar-refractivity contribution in [2.75, 3.05) is 29.0 Å². The lowest BCUT2D eigenvalue weighted by molar-refractivity contribution is -0.118. The molecule has 0 spiro atoms. The third-order valence-corrected chi connectivity index (χ3v) is 8.84. The fourth-order valence-corrected chi connectivity index (χ4v) is 6.09. The number of aromatic nitrogens is 2. The molecular formula is C29H27ClN6O3S. The van der Waals surface area contributed by atoms with Gasteiger partial charge >= 0.3 is 0 Å². The van der Waals surface area contributed by atoms with E-state index in [1.165, 1.54) is 0 Å². The van der Waals surface area contributed by atoms with Crippen LogP contribution in [0.1, 0.15) is 24.8 Å². The van der Waals surface area contributed by atoms with Crippen LogP contribution in [-0.2, 0) is 20.2 Å². The number of benzene rings is 3. The van der Waals surface area contributed by atoms with Crippen molar-refractivity contribution in [2.24, 2.45) is 0 Å². The molecule has 0 radical (unpaired) electrons. The number of anilines is 4. The van der Waals surface area contributed by atoms with E-state index in [0.717, 1.165) is 29.5 Å². The second kappa shape index (κ2) is 10.5. The standard InChI is InChI=1S/C29H27ClN6O3S/c30-21-5-1-4-20(16-21)29(12-13-29)27(37)34-22-10-8-19(9-11-22)25-18-32-28-35-23-6-2-7-24(17-23)40(38,39)33-15-3-14-31-26(25)36-28/h1-2,4-11,16-18,33H,3,12-15H2,(H,34,37)(H2,31,32,35,36). The van der Waals surface area contributed by atoms with Crippen molar-refractivity contribution in [3.05, 3.63) is 89.6 Å². The number of nitrogens with zero attached hydrogens (tertiary/aromatic N) is 2. The maximum Gasteiger partial charge on any atom is 0.240 e. The number of sulfonamides is 1. The number of carbonyl (C=O) groups is 1. The number of fused-ring (bicyclic) bond motifs is 4. The third kappa shape index (κ3) is 5.38. The van der Waals surface area contributed by atoms with Gasteiger partial charge in [-0.2, -0.15) is 4.98 Å². The highest BCUT2D eigenvalue weighted by Crippen LogP contribution is 2.49. The van der Waals surface area contributed by atoms with E-state index in [4.69, 9.17) is 11.6 Å². The van der Waals surface area contributed by atoms with Gasteiger partial charge in [0.1, 0.15) is 5.82 Å². The Bertz CT molecular complexity index is 1690. The molecule has 1 amide bonds. The molecule has 1 fully saturated rings. The van der Waals surface area contributed by atoms with Crippen LogP contribution in [0.25, 0.3) is 11.1 Å². The minimum absolute atomic E-state index is 0.0410. The summed E-state index contributed by atoms with van der Waals surface area (Å²) in [5.74, 6) is 0.916. The number of carbonyl (C=O) groups excluding carboxylic acids is 1. The summed E-state index contributed by atoms with van der Waals surface area (Å²) in [6.45, 7) is 0.786. The molecule has 1 aliphatic carbocycles. The first-order valence-electron chi connectivity index (χ1n) is 13.0. The molecule has 4 aromatic rings. The molecule has 0 saturated heterocycles. The van der Waals surface area contributed by atoms with Crippen LogP contribution in [0.3, 0.4) is 0 Å². The quantitative estimate of drug-likeness (QED) is 0.260. The van der Waals surface area contributed by atoms with E-state index in [1.807, 2.05) is 48.5 Å². The fourth-order valence-electron chi connectivity index (χ4n) is 4.79. The van der Waals surface area contributed by atoms with Crippen molar-refractivity contribution in [3.63, 3.8) is 0 Å². The smallest absolute Gasteiger partial charge is 0.240 e. The maximum absolute atomic E-state index is 13.2. The van der Waals surface area contributed by atoms with E-state index >= 15 is 0 Å². The Hall–Kier alpha value is -3.99. The number of rotatable bonds is 4. The summed E-state index contributed by atoms with van der Waals surface area (Å²) in [6.07, 6.45) is 3.86. The number of halogens is 1. The zero-order valence-corrected chi connectivity index (χ0v) is 23.0. The summed E-state index contributed by atoms with van der Waals surface area (Å²) in [4.78, 5) is 22.5. The largest absolute Gasteiger partial charge is 0.369 e. The monoisotopic (exact) mass is 574 g/mol. The first kappa shape index (κ1) is 26.2. The van der Waals surface area contributed by atoms with Crippen molar-refractivity contribution in [2.45, 2.75) is 29.6 Å². The molecule has 4 N–H and O–H groups in total. The predicted molar refractivity (Wildman–Crippen MR) is 156 cm³/mol. The predicted octanol–water partition coefficient (Wildman–Crippen LogP) is 5.30. The molecule has 2 aliphatic rings. The lowest BCUT2D eigenvalue weighted by atomic mass is 9.95. The van der Waals surface area contributed by atoms with Crippen LogP contribution in [0.5, 0.6) is 0 Å². The van der Waals surface area contributed by atoms with Gasteiger partial charge in [0.05, 0.1) is 10.3 Å². The number of nitrogens with one attached hydrogen (secondary N) is 4. The topological polar surface area (TPSA) is 125 Å². The van der Waals surface area contributed by atoms with Crippen molar-refractivity contribution >= 4 is 50.7 Å². The zero-order valence-electron chi connectivity index (χ0n) is 21.4. The van der Waals surface area contributed by atoms with Gasteiger partial charge in [0.15, 0.2) is 0 Å². The summed E-state index contributed by atoms with van der Waals surface area (Å²) in [6, 6.07) is 21.6. The Kier molecular flexibility index (Phi) is 6.91. The van der Waals surface area contributed by atoms with Gasteiger partial charge < -0.3 is 16.0 Å². The number of hydrogen-bond donors (Lipinski definition) is 4. The van der Waals surface area contributed by atoms with Crippen LogP contribution in [0.2, 0.25) is 5.02 Å². The van der Waals surface area contributed by atoms with Gasteiger partial charge in [-0.3, -0.25) is 4.79 Å². The zero-order chi connectivity index (χ0) is 27.7. The lowest BCUT2D eigenvalue weighted by Gasteiger charge is -2.17. The minimum atomic E-state index is -3.62. The highest BCUT2D eigenvalue weighted by Gasteiger charge is 2.51. The summed E-state index contributed by atoms with van der Waals surface area (Å²) in [7, 11) is -3.62. The third-order valence-electron chi connectivity index (χ3n) is 7.14. The van der Waals surface area contributed by atoms with Gasteiger partial charge in [0.25, 0.3) is 0 Å². The van der Waals surface area contributed by atoms with Crippen LogP contribution >= 0.6 is 11.6 Å². The molecule has 0 unspecified atom stereocenters. The van der Waals surface area contributed by atoms with E-state index in [1.54, 1.807) is 30.5 Å². The van der Waals surface area contributed by atoms with Gasteiger partial charge in [0.2, 0.25) is 21.9 Å². The van der Waals surface area contributed by atoms with Crippen LogP contribution in [0.15, 0.2) is 83.9 Å². The molecule has 40 heavy (non-hydrogen) atoms. The Labute approximate surface area is 237 Å². The minimum Gasteiger partial charge on any atom is -0.369 e. The molecule has 2 heterocycles. The average Bonchev–Trinajstić information content (AvgIpc) is 3.76. The van der Waals surface area contributed by atoms with Crippen molar-refractivity contribution in [1.29, 1.82) is 0 Å². The van der Waals surface area contributed by atoms with E-state index in [0.29, 0.717) is 41.1 Å². The Morgan fingerprint density at radius 2 is 1.77 bits per heavy atom. The summed E-state index contributed by atoms with van der Waals surface area (Å²) in [5, 5.41) is 10.1. The number of amides is 1. The molecule has 4 bridgehead atoms. The van der Waals surface area contributed by atoms with Crippen LogP contribution < -0.4 is 20.7 Å². The molecule has 3 aromatic carbocycles. The summed E-state index contributed by atoms with van der Waals surface area (Å²) in [5.41, 5.74) is 3.31. The highest BCUT2D eigenvalue weighted by atomic mass is 35.5. The van der Waals surface area contributed by atoms with Crippen molar-refractivity contribution in [1.82, 2.24) is 14.7 Å². The molecule has 11 heteroatoms. The fraction of sp³-hybridized carbons (Fsp3) is 0.207. The van der Waals surface area contributed by atoms with Crippen LogP contribution in [0.4, 0.5) is 23.1 Å². The van der Waals surface area contributed by atoms with Crippen LogP contribution in [-0.4, -0.2) is 37.4 Å². The second-order valence-electron chi connectivity index (χ2n) is 9.91. The van der Waals surface area contributed by atoms with Gasteiger partial charge in [-0.15, -0.1) is 0 Å². The van der Waals surface area contributed by atoms with Gasteiger partial charge in [-0.25, -0.2) is 18.1 Å². The summed E-state index contributed by atoms with van der Waals surface area (Å²) >= 11 is 6.16. The van der Waals surface area contributed by atoms with Crippen molar-refractivity contribution < 1.29 is 13.2 Å².